The summed E-state index contributed by atoms with van der Waals surface area (Å²) in [5.41, 5.74) is 9.53. The molecule has 0 saturated heterocycles. The van der Waals surface area contributed by atoms with Gasteiger partial charge in [-0.15, -0.1) is 24.8 Å². The first-order chi connectivity index (χ1) is 8.69. The molecule has 0 radical (unpaired) electrons. The third kappa shape index (κ3) is 4.36. The monoisotopic (exact) mass is 318 g/mol. The first kappa shape index (κ1) is 19.7. The second kappa shape index (κ2) is 8.89. The highest BCUT2D eigenvalue weighted by Gasteiger charge is 2.35. The van der Waals surface area contributed by atoms with Gasteiger partial charge in [0.2, 0.25) is 0 Å². The van der Waals surface area contributed by atoms with Crippen molar-refractivity contribution in [3.8, 4) is 0 Å². The van der Waals surface area contributed by atoms with Gasteiger partial charge in [-0.25, -0.2) is 0 Å². The molecule has 20 heavy (non-hydrogen) atoms. The molecule has 0 aromatic heterocycles. The van der Waals surface area contributed by atoms with Crippen LogP contribution in [0.15, 0.2) is 24.3 Å². The molecular formula is C16H28Cl2N2. The normalized spacial score (nSPS) is 20.8. The largest absolute Gasteiger partial charge is 0.313 e. The number of benzene rings is 1. The Morgan fingerprint density at radius 3 is 2.15 bits per heavy atom. The molecule has 0 amide bonds. The van der Waals surface area contributed by atoms with Crippen LogP contribution in [0, 0.1) is 0 Å². The highest BCUT2D eigenvalue weighted by Crippen LogP contribution is 2.29. The quantitative estimate of drug-likeness (QED) is 0.837. The van der Waals surface area contributed by atoms with Crippen molar-refractivity contribution in [2.24, 2.45) is 5.73 Å². The number of nitrogens with zero attached hydrogens (tertiary/aromatic N) is 1. The van der Waals surface area contributed by atoms with Crippen molar-refractivity contribution in [3.05, 3.63) is 35.4 Å². The lowest BCUT2D eigenvalue weighted by Crippen LogP contribution is -2.59. The van der Waals surface area contributed by atoms with Gasteiger partial charge in [-0.3, -0.25) is 4.90 Å². The summed E-state index contributed by atoms with van der Waals surface area (Å²) in [5.74, 6) is 0. The zero-order valence-electron chi connectivity index (χ0n) is 12.6. The summed E-state index contributed by atoms with van der Waals surface area (Å²) in [6.07, 6.45) is 5.57. The number of aryl methyl sites for hydroxylation is 1. The molecule has 0 heterocycles. The van der Waals surface area contributed by atoms with Gasteiger partial charge in [0.1, 0.15) is 0 Å². The molecule has 0 saturated carbocycles. The van der Waals surface area contributed by atoms with Crippen LogP contribution in [0.1, 0.15) is 44.2 Å². The minimum Gasteiger partial charge on any atom is -0.313 e. The summed E-state index contributed by atoms with van der Waals surface area (Å²) in [4.78, 5) is 2.50. The van der Waals surface area contributed by atoms with Crippen molar-refractivity contribution < 1.29 is 0 Å². The summed E-state index contributed by atoms with van der Waals surface area (Å²) in [6, 6.07) is 8.76. The van der Waals surface area contributed by atoms with E-state index in [1.54, 1.807) is 0 Å². The topological polar surface area (TPSA) is 29.3 Å². The van der Waals surface area contributed by atoms with E-state index in [9.17, 15) is 0 Å². The summed E-state index contributed by atoms with van der Waals surface area (Å²) in [6.45, 7) is 6.71. The van der Waals surface area contributed by atoms with Crippen LogP contribution in [-0.4, -0.2) is 23.7 Å². The maximum absolute atomic E-state index is 6.72. The molecule has 1 atom stereocenters. The number of hydrogen-bond acceptors (Lipinski definition) is 2. The van der Waals surface area contributed by atoms with E-state index >= 15 is 0 Å². The molecule has 4 heteroatoms. The summed E-state index contributed by atoms with van der Waals surface area (Å²) < 4.78 is 0. The highest BCUT2D eigenvalue weighted by molar-refractivity contribution is 5.85. The van der Waals surface area contributed by atoms with Crippen molar-refractivity contribution in [2.45, 2.75) is 51.6 Å². The Hall–Kier alpha value is -0.280. The zero-order chi connectivity index (χ0) is 13.0. The maximum atomic E-state index is 6.72. The first-order valence-corrected chi connectivity index (χ1v) is 7.30. The Labute approximate surface area is 135 Å². The molecule has 2 N–H and O–H groups in total. The van der Waals surface area contributed by atoms with E-state index in [1.165, 1.54) is 24.0 Å². The number of hydrogen-bond donors (Lipinski definition) is 1. The molecule has 1 unspecified atom stereocenters. The minimum atomic E-state index is -0.125. The van der Waals surface area contributed by atoms with E-state index in [-0.39, 0.29) is 30.5 Å². The average molecular weight is 319 g/mol. The zero-order valence-corrected chi connectivity index (χ0v) is 14.2. The molecule has 1 aromatic rings. The molecule has 1 aromatic carbocycles. The Balaban J connectivity index is 0.00000180. The molecule has 116 valence electrons. The molecule has 0 aliphatic heterocycles. The smallest absolute Gasteiger partial charge is 0.0731 e. The van der Waals surface area contributed by atoms with Crippen LogP contribution in [0.4, 0.5) is 0 Å². The third-order valence-electron chi connectivity index (χ3n) is 4.06. The van der Waals surface area contributed by atoms with E-state index < -0.39 is 0 Å². The van der Waals surface area contributed by atoms with Crippen LogP contribution in [0.25, 0.3) is 0 Å². The average Bonchev–Trinajstić information content (AvgIpc) is 2.38. The van der Waals surface area contributed by atoms with Crippen LogP contribution >= 0.6 is 24.8 Å². The number of halogens is 2. The van der Waals surface area contributed by atoms with E-state index in [0.29, 0.717) is 0 Å². The van der Waals surface area contributed by atoms with Gasteiger partial charge in [0.15, 0.2) is 0 Å². The maximum Gasteiger partial charge on any atom is 0.0731 e. The van der Waals surface area contributed by atoms with Crippen molar-refractivity contribution in [1.82, 2.24) is 4.90 Å². The van der Waals surface area contributed by atoms with Crippen molar-refractivity contribution >= 4 is 24.8 Å². The highest BCUT2D eigenvalue weighted by atomic mass is 35.5. The number of nitrogens with two attached hydrogens (primary N) is 1. The minimum absolute atomic E-state index is 0. The van der Waals surface area contributed by atoms with Crippen molar-refractivity contribution in [3.63, 3.8) is 0 Å². The van der Waals surface area contributed by atoms with Gasteiger partial charge in [-0.1, -0.05) is 38.1 Å². The standard InChI is InChI=1S/C16H26N2.2ClH/c1-3-11-18(12-4-2)16(17)10-9-14-7-5-6-8-15(14)13-16;;/h5-8H,3-4,9-13,17H2,1-2H3;2*1H. The van der Waals surface area contributed by atoms with Crippen molar-refractivity contribution in [1.29, 1.82) is 0 Å². The Morgan fingerprint density at radius 1 is 1.05 bits per heavy atom. The summed E-state index contributed by atoms with van der Waals surface area (Å²) >= 11 is 0. The molecule has 1 aliphatic carbocycles. The van der Waals surface area contributed by atoms with Gasteiger partial charge < -0.3 is 5.73 Å². The number of fused-ring (bicyclic) bond motifs is 1. The molecule has 0 spiro atoms. The van der Waals surface area contributed by atoms with E-state index in [4.69, 9.17) is 5.73 Å². The van der Waals surface area contributed by atoms with Gasteiger partial charge in [-0.2, -0.15) is 0 Å². The second-order valence-electron chi connectivity index (χ2n) is 5.54. The lowest BCUT2D eigenvalue weighted by Gasteiger charge is -2.44. The molecular weight excluding hydrogens is 291 g/mol. The Morgan fingerprint density at radius 2 is 1.60 bits per heavy atom. The lowest BCUT2D eigenvalue weighted by molar-refractivity contribution is 0.0771. The number of rotatable bonds is 5. The Kier molecular flexibility index (Phi) is 8.76. The second-order valence-corrected chi connectivity index (χ2v) is 5.54. The molecule has 2 nitrogen and oxygen atoms in total. The first-order valence-electron chi connectivity index (χ1n) is 7.30. The van der Waals surface area contributed by atoms with Gasteiger partial charge in [-0.05, 0) is 49.9 Å². The van der Waals surface area contributed by atoms with Crippen LogP contribution in [-0.2, 0) is 12.8 Å². The van der Waals surface area contributed by atoms with Crippen LogP contribution in [0.5, 0.6) is 0 Å². The Bertz CT molecular complexity index is 392. The molecule has 0 bridgehead atoms. The van der Waals surface area contributed by atoms with Crippen LogP contribution in [0.2, 0.25) is 0 Å². The van der Waals surface area contributed by atoms with Gasteiger partial charge in [0, 0.05) is 6.42 Å². The summed E-state index contributed by atoms with van der Waals surface area (Å²) in [5, 5.41) is 0. The van der Waals surface area contributed by atoms with E-state index in [2.05, 4.69) is 43.0 Å². The van der Waals surface area contributed by atoms with Gasteiger partial charge >= 0.3 is 0 Å². The van der Waals surface area contributed by atoms with Crippen molar-refractivity contribution in [2.75, 3.05) is 13.1 Å². The van der Waals surface area contributed by atoms with Crippen LogP contribution in [0.3, 0.4) is 0 Å². The summed E-state index contributed by atoms with van der Waals surface area (Å²) in [7, 11) is 0. The fraction of sp³-hybridized carbons (Fsp3) is 0.625. The molecule has 1 aliphatic rings. The lowest BCUT2D eigenvalue weighted by atomic mass is 9.83. The third-order valence-corrected chi connectivity index (χ3v) is 4.06. The fourth-order valence-electron chi connectivity index (χ4n) is 3.11. The fourth-order valence-corrected chi connectivity index (χ4v) is 3.11. The predicted octanol–water partition coefficient (Wildman–Crippen LogP) is 3.80. The molecule has 0 fully saturated rings. The van der Waals surface area contributed by atoms with E-state index in [1.807, 2.05) is 0 Å². The predicted molar refractivity (Wildman–Crippen MR) is 92.0 cm³/mol. The SMILES string of the molecule is CCCN(CCC)C1(N)CCc2ccccc2C1.Cl.Cl. The van der Waals surface area contributed by atoms with Gasteiger partial charge in [0.05, 0.1) is 5.66 Å². The molecule has 2 rings (SSSR count). The van der Waals surface area contributed by atoms with E-state index in [0.717, 1.165) is 32.4 Å². The van der Waals surface area contributed by atoms with Gasteiger partial charge in [0.25, 0.3) is 0 Å². The van der Waals surface area contributed by atoms with Crippen LogP contribution < -0.4 is 5.73 Å².